The van der Waals surface area contributed by atoms with Crippen molar-refractivity contribution in [2.24, 2.45) is 7.05 Å². The SMILES string of the molecule is C/C=C/COc1c2c3ccccc3nc-2n(C)c2ccccc12. The third-order valence-corrected chi connectivity index (χ3v) is 4.24. The summed E-state index contributed by atoms with van der Waals surface area (Å²) in [4.78, 5) is 4.82. The number of benzene rings is 2. The Morgan fingerprint density at radius 3 is 2.61 bits per heavy atom. The standard InChI is InChI=1S/C20H18N2O/c1-3-4-13-23-19-15-10-6-8-12-17(15)22(2)20-18(19)14-9-5-7-11-16(14)21-20/h3-12H,13H2,1-2H3/b4-3+. The van der Waals surface area contributed by atoms with Gasteiger partial charge in [-0.3, -0.25) is 0 Å². The molecule has 0 amide bonds. The normalized spacial score (nSPS) is 11.9. The van der Waals surface area contributed by atoms with Crippen LogP contribution in [-0.2, 0) is 7.05 Å². The van der Waals surface area contributed by atoms with Crippen molar-refractivity contribution in [3.63, 3.8) is 0 Å². The van der Waals surface area contributed by atoms with Crippen LogP contribution in [0.3, 0.4) is 0 Å². The van der Waals surface area contributed by atoms with Gasteiger partial charge in [0.25, 0.3) is 0 Å². The maximum absolute atomic E-state index is 6.15. The minimum atomic E-state index is 0.558. The van der Waals surface area contributed by atoms with Crippen LogP contribution in [-0.4, -0.2) is 16.2 Å². The second-order valence-corrected chi connectivity index (χ2v) is 5.61. The number of hydrogen-bond donors (Lipinski definition) is 0. The van der Waals surface area contributed by atoms with Gasteiger partial charge in [0, 0.05) is 17.8 Å². The van der Waals surface area contributed by atoms with Gasteiger partial charge >= 0.3 is 0 Å². The van der Waals surface area contributed by atoms with Crippen LogP contribution in [0.15, 0.2) is 60.7 Å². The van der Waals surface area contributed by atoms with Crippen molar-refractivity contribution in [3.8, 4) is 17.1 Å². The van der Waals surface area contributed by atoms with Gasteiger partial charge in [-0.15, -0.1) is 0 Å². The molecule has 2 aromatic carbocycles. The smallest absolute Gasteiger partial charge is 0.145 e. The molecule has 3 nitrogen and oxygen atoms in total. The molecule has 4 rings (SSSR count). The first-order chi connectivity index (χ1) is 11.3. The zero-order valence-corrected chi connectivity index (χ0v) is 13.3. The number of rotatable bonds is 3. The summed E-state index contributed by atoms with van der Waals surface area (Å²) in [5.74, 6) is 1.88. The van der Waals surface area contributed by atoms with Crippen LogP contribution < -0.4 is 4.74 Å². The monoisotopic (exact) mass is 302 g/mol. The van der Waals surface area contributed by atoms with Crippen molar-refractivity contribution in [3.05, 3.63) is 60.7 Å². The van der Waals surface area contributed by atoms with Crippen LogP contribution in [0.5, 0.6) is 5.75 Å². The average molecular weight is 302 g/mol. The highest BCUT2D eigenvalue weighted by Gasteiger charge is 2.22. The van der Waals surface area contributed by atoms with Crippen molar-refractivity contribution in [1.29, 1.82) is 0 Å². The van der Waals surface area contributed by atoms with Gasteiger partial charge in [0.05, 0.1) is 16.6 Å². The van der Waals surface area contributed by atoms with Gasteiger partial charge in [-0.25, -0.2) is 4.98 Å². The van der Waals surface area contributed by atoms with Crippen LogP contribution in [0.1, 0.15) is 6.92 Å². The first kappa shape index (κ1) is 13.8. The van der Waals surface area contributed by atoms with Gasteiger partial charge in [-0.2, -0.15) is 0 Å². The molecule has 2 heterocycles. The minimum Gasteiger partial charge on any atom is -0.488 e. The highest BCUT2D eigenvalue weighted by Crippen LogP contribution is 2.43. The minimum absolute atomic E-state index is 0.558. The fraction of sp³-hybridized carbons (Fsp3) is 0.150. The summed E-state index contributed by atoms with van der Waals surface area (Å²) in [5.41, 5.74) is 3.22. The molecule has 3 heteroatoms. The van der Waals surface area contributed by atoms with Gasteiger partial charge < -0.3 is 9.30 Å². The number of fused-ring (bicyclic) bond motifs is 4. The zero-order valence-electron chi connectivity index (χ0n) is 13.3. The molecule has 0 radical (unpaired) electrons. The second kappa shape index (κ2) is 5.43. The van der Waals surface area contributed by atoms with E-state index in [0.717, 1.165) is 38.9 Å². The van der Waals surface area contributed by atoms with Crippen molar-refractivity contribution in [2.45, 2.75) is 6.92 Å². The third kappa shape index (κ3) is 2.08. The number of pyridine rings is 1. The molecule has 2 aliphatic heterocycles. The van der Waals surface area contributed by atoms with Gasteiger partial charge in [0.1, 0.15) is 18.2 Å². The number of aromatic nitrogens is 2. The molecular weight excluding hydrogens is 284 g/mol. The number of nitrogens with zero attached hydrogens (tertiary/aromatic N) is 2. The molecule has 0 aliphatic carbocycles. The summed E-state index contributed by atoms with van der Waals surface area (Å²) in [7, 11) is 2.06. The van der Waals surface area contributed by atoms with E-state index in [0.29, 0.717) is 6.61 Å². The number of ether oxygens (including phenoxy) is 1. The summed E-state index contributed by atoms with van der Waals surface area (Å²) < 4.78 is 8.30. The van der Waals surface area contributed by atoms with Crippen molar-refractivity contribution >= 4 is 21.8 Å². The number of hydrogen-bond acceptors (Lipinski definition) is 2. The molecule has 2 aliphatic rings. The summed E-state index contributed by atoms with van der Waals surface area (Å²) in [6, 6.07) is 16.6. The van der Waals surface area contributed by atoms with Gasteiger partial charge in [0.2, 0.25) is 0 Å². The first-order valence-corrected chi connectivity index (χ1v) is 7.81. The van der Waals surface area contributed by atoms with E-state index in [9.17, 15) is 0 Å². The zero-order chi connectivity index (χ0) is 15.8. The highest BCUT2D eigenvalue weighted by atomic mass is 16.5. The largest absolute Gasteiger partial charge is 0.488 e. The second-order valence-electron chi connectivity index (χ2n) is 5.61. The Balaban J connectivity index is 2.13. The fourth-order valence-corrected chi connectivity index (χ4v) is 3.12. The molecule has 0 atom stereocenters. The predicted molar refractivity (Wildman–Crippen MR) is 95.2 cm³/mol. The lowest BCUT2D eigenvalue weighted by atomic mass is 10.1. The molecule has 0 unspecified atom stereocenters. The van der Waals surface area contributed by atoms with Crippen LogP contribution >= 0.6 is 0 Å². The molecule has 0 bridgehead atoms. The third-order valence-electron chi connectivity index (χ3n) is 4.24. The van der Waals surface area contributed by atoms with E-state index in [4.69, 9.17) is 9.72 Å². The molecule has 0 fully saturated rings. The molecule has 2 aromatic rings. The Bertz CT molecular complexity index is 997. The molecule has 0 saturated carbocycles. The van der Waals surface area contributed by atoms with Gasteiger partial charge in [0.15, 0.2) is 0 Å². The summed E-state index contributed by atoms with van der Waals surface area (Å²) in [5, 5.41) is 2.25. The van der Waals surface area contributed by atoms with E-state index >= 15 is 0 Å². The Morgan fingerprint density at radius 2 is 1.78 bits per heavy atom. The predicted octanol–water partition coefficient (Wildman–Crippen LogP) is 4.79. The molecule has 114 valence electrons. The van der Waals surface area contributed by atoms with Gasteiger partial charge in [-0.1, -0.05) is 42.5 Å². The van der Waals surface area contributed by atoms with Crippen molar-refractivity contribution in [2.75, 3.05) is 6.61 Å². The Hall–Kier alpha value is -2.81. The topological polar surface area (TPSA) is 27.1 Å². The van der Waals surface area contributed by atoms with E-state index in [2.05, 4.69) is 41.9 Å². The van der Waals surface area contributed by atoms with Crippen LogP contribution in [0, 0.1) is 0 Å². The lowest BCUT2D eigenvalue weighted by molar-refractivity contribution is 0.368. The summed E-state index contributed by atoms with van der Waals surface area (Å²) >= 11 is 0. The van der Waals surface area contributed by atoms with E-state index in [1.807, 2.05) is 37.3 Å². The number of aryl methyl sites for hydroxylation is 1. The Labute approximate surface area is 135 Å². The summed E-state index contributed by atoms with van der Waals surface area (Å²) in [6.07, 6.45) is 4.02. The van der Waals surface area contributed by atoms with E-state index in [-0.39, 0.29) is 0 Å². The fourth-order valence-electron chi connectivity index (χ4n) is 3.12. The quantitative estimate of drug-likeness (QED) is 0.509. The lowest BCUT2D eigenvalue weighted by Crippen LogP contribution is -2.04. The highest BCUT2D eigenvalue weighted by molar-refractivity contribution is 6.06. The molecule has 0 spiro atoms. The van der Waals surface area contributed by atoms with Gasteiger partial charge in [-0.05, 0) is 25.1 Å². The van der Waals surface area contributed by atoms with Crippen molar-refractivity contribution in [1.82, 2.24) is 9.55 Å². The van der Waals surface area contributed by atoms with E-state index in [1.54, 1.807) is 0 Å². The molecule has 0 saturated heterocycles. The Kier molecular flexibility index (Phi) is 3.27. The first-order valence-electron chi connectivity index (χ1n) is 7.81. The van der Waals surface area contributed by atoms with E-state index in [1.165, 1.54) is 0 Å². The van der Waals surface area contributed by atoms with Crippen molar-refractivity contribution < 1.29 is 4.74 Å². The van der Waals surface area contributed by atoms with Crippen LogP contribution in [0.4, 0.5) is 0 Å². The molecule has 0 N–H and O–H groups in total. The number of allylic oxidation sites excluding steroid dienone is 1. The average Bonchev–Trinajstić information content (AvgIpc) is 2.98. The molecule has 23 heavy (non-hydrogen) atoms. The maximum Gasteiger partial charge on any atom is 0.145 e. The Morgan fingerprint density at radius 1 is 1.04 bits per heavy atom. The van der Waals surface area contributed by atoms with Crippen LogP contribution in [0.2, 0.25) is 0 Å². The molecular formula is C20H18N2O. The van der Waals surface area contributed by atoms with Crippen LogP contribution in [0.25, 0.3) is 33.2 Å². The summed E-state index contributed by atoms with van der Waals surface area (Å²) in [6.45, 7) is 2.56. The molecule has 0 aromatic heterocycles. The van der Waals surface area contributed by atoms with E-state index < -0.39 is 0 Å². The number of para-hydroxylation sites is 2. The maximum atomic E-state index is 6.15. The lowest BCUT2D eigenvalue weighted by Gasteiger charge is -2.17.